The Labute approximate surface area is 73.7 Å². The molecule has 3 heteroatoms. The molecule has 1 saturated heterocycles. The Hall–Kier alpha value is -0.380. The maximum Gasteiger partial charge on any atom is 0.0643 e. The quantitative estimate of drug-likeness (QED) is 0.448. The van der Waals surface area contributed by atoms with Crippen molar-refractivity contribution in [2.24, 2.45) is 0 Å². The monoisotopic (exact) mass is 171 g/mol. The largest absolute Gasteiger partial charge is 0.380 e. The summed E-state index contributed by atoms with van der Waals surface area (Å²) >= 11 is 0. The number of nitrogens with one attached hydrogen (secondary N) is 1. The molecule has 12 heavy (non-hydrogen) atoms. The van der Waals surface area contributed by atoms with Gasteiger partial charge in [-0.3, -0.25) is 0 Å². The zero-order chi connectivity index (χ0) is 8.65. The lowest BCUT2D eigenvalue weighted by atomic mass is 10.2. The normalized spacial score (nSPS) is 17.3. The number of ether oxygens (including phenoxy) is 2. The van der Waals surface area contributed by atoms with Gasteiger partial charge >= 0.3 is 0 Å². The zero-order valence-electron chi connectivity index (χ0n) is 7.42. The van der Waals surface area contributed by atoms with Gasteiger partial charge in [-0.2, -0.15) is 0 Å². The maximum absolute atomic E-state index is 5.32. The highest BCUT2D eigenvalue weighted by Crippen LogP contribution is 1.98. The summed E-state index contributed by atoms with van der Waals surface area (Å²) in [5.41, 5.74) is 0. The summed E-state index contributed by atoms with van der Waals surface area (Å²) in [4.78, 5) is 0. The average Bonchev–Trinajstić information content (AvgIpc) is 2.00. The van der Waals surface area contributed by atoms with Gasteiger partial charge in [-0.05, 0) is 6.42 Å². The minimum absolute atomic E-state index is 0.563. The van der Waals surface area contributed by atoms with Crippen molar-refractivity contribution >= 4 is 0 Å². The molecule has 0 saturated carbocycles. The second-order valence-electron chi connectivity index (χ2n) is 2.88. The van der Waals surface area contributed by atoms with Crippen LogP contribution >= 0.6 is 0 Å². The molecule has 1 rings (SSSR count). The first-order chi connectivity index (χ1) is 5.93. The van der Waals surface area contributed by atoms with Gasteiger partial charge in [0.1, 0.15) is 0 Å². The van der Waals surface area contributed by atoms with Crippen LogP contribution < -0.4 is 5.32 Å². The van der Waals surface area contributed by atoms with Crippen LogP contribution in [0.1, 0.15) is 6.42 Å². The van der Waals surface area contributed by atoms with E-state index < -0.39 is 0 Å². The molecule has 1 fully saturated rings. The third-order valence-corrected chi connectivity index (χ3v) is 1.78. The SMILES string of the molecule is C=CCCOCCNC1COC1. The van der Waals surface area contributed by atoms with Crippen LogP contribution in [-0.2, 0) is 9.47 Å². The first kappa shape index (κ1) is 9.71. The standard InChI is InChI=1S/C9H17NO2/c1-2-3-5-11-6-4-10-9-7-12-8-9/h2,9-10H,1,3-8H2. The van der Waals surface area contributed by atoms with E-state index in [4.69, 9.17) is 9.47 Å². The average molecular weight is 171 g/mol. The Bertz CT molecular complexity index is 124. The third-order valence-electron chi connectivity index (χ3n) is 1.78. The minimum atomic E-state index is 0.563. The molecular formula is C9H17NO2. The molecule has 1 heterocycles. The van der Waals surface area contributed by atoms with Crippen molar-refractivity contribution < 1.29 is 9.47 Å². The summed E-state index contributed by atoms with van der Waals surface area (Å²) in [5, 5.41) is 3.32. The molecule has 1 aliphatic rings. The predicted octanol–water partition coefficient (Wildman–Crippen LogP) is 0.567. The van der Waals surface area contributed by atoms with Crippen LogP contribution in [-0.4, -0.2) is 39.0 Å². The van der Waals surface area contributed by atoms with Crippen molar-refractivity contribution in [1.29, 1.82) is 0 Å². The van der Waals surface area contributed by atoms with Gasteiger partial charge in [0.05, 0.1) is 32.5 Å². The van der Waals surface area contributed by atoms with Gasteiger partial charge < -0.3 is 14.8 Å². The lowest BCUT2D eigenvalue weighted by Gasteiger charge is -2.26. The molecule has 0 spiro atoms. The molecule has 70 valence electrons. The Morgan fingerprint density at radius 3 is 2.92 bits per heavy atom. The smallest absolute Gasteiger partial charge is 0.0643 e. The van der Waals surface area contributed by atoms with Gasteiger partial charge in [0, 0.05) is 6.54 Å². The van der Waals surface area contributed by atoms with E-state index in [-0.39, 0.29) is 0 Å². The number of hydrogen-bond acceptors (Lipinski definition) is 3. The summed E-state index contributed by atoms with van der Waals surface area (Å²) in [6.45, 7) is 7.81. The third kappa shape index (κ3) is 3.85. The van der Waals surface area contributed by atoms with E-state index in [9.17, 15) is 0 Å². The second kappa shape index (κ2) is 6.17. The molecule has 0 aliphatic carbocycles. The van der Waals surface area contributed by atoms with Gasteiger partial charge in [0.2, 0.25) is 0 Å². The van der Waals surface area contributed by atoms with Crippen molar-refractivity contribution in [2.75, 3.05) is 33.0 Å². The van der Waals surface area contributed by atoms with Gasteiger partial charge in [-0.1, -0.05) is 6.08 Å². The fraction of sp³-hybridized carbons (Fsp3) is 0.778. The van der Waals surface area contributed by atoms with Gasteiger partial charge in [-0.15, -0.1) is 6.58 Å². The molecular weight excluding hydrogens is 154 g/mol. The van der Waals surface area contributed by atoms with E-state index in [1.54, 1.807) is 0 Å². The predicted molar refractivity (Wildman–Crippen MR) is 48.2 cm³/mol. The van der Waals surface area contributed by atoms with Gasteiger partial charge in [0.15, 0.2) is 0 Å². The van der Waals surface area contributed by atoms with E-state index in [0.717, 1.165) is 39.4 Å². The first-order valence-corrected chi connectivity index (χ1v) is 4.43. The highest BCUT2D eigenvalue weighted by molar-refractivity contribution is 4.72. The first-order valence-electron chi connectivity index (χ1n) is 4.43. The summed E-state index contributed by atoms with van der Waals surface area (Å²) in [6, 6.07) is 0.563. The van der Waals surface area contributed by atoms with Crippen LogP contribution in [0.5, 0.6) is 0 Å². The van der Waals surface area contributed by atoms with E-state index in [1.165, 1.54) is 0 Å². The topological polar surface area (TPSA) is 30.5 Å². The van der Waals surface area contributed by atoms with Crippen LogP contribution in [0.25, 0.3) is 0 Å². The number of hydrogen-bond donors (Lipinski definition) is 1. The van der Waals surface area contributed by atoms with Gasteiger partial charge in [0.25, 0.3) is 0 Å². The highest BCUT2D eigenvalue weighted by Gasteiger charge is 2.16. The van der Waals surface area contributed by atoms with Crippen molar-refractivity contribution in [3.63, 3.8) is 0 Å². The molecule has 0 unspecified atom stereocenters. The molecule has 0 aromatic carbocycles. The molecule has 0 atom stereocenters. The van der Waals surface area contributed by atoms with E-state index in [0.29, 0.717) is 6.04 Å². The molecule has 0 radical (unpaired) electrons. The van der Waals surface area contributed by atoms with E-state index >= 15 is 0 Å². The van der Waals surface area contributed by atoms with Crippen molar-refractivity contribution in [3.8, 4) is 0 Å². The van der Waals surface area contributed by atoms with Gasteiger partial charge in [-0.25, -0.2) is 0 Å². The Morgan fingerprint density at radius 1 is 1.50 bits per heavy atom. The lowest BCUT2D eigenvalue weighted by molar-refractivity contribution is -0.00804. The molecule has 1 N–H and O–H groups in total. The summed E-state index contributed by atoms with van der Waals surface area (Å²) in [7, 11) is 0. The zero-order valence-corrected chi connectivity index (χ0v) is 7.42. The fourth-order valence-corrected chi connectivity index (χ4v) is 0.958. The van der Waals surface area contributed by atoms with Crippen LogP contribution in [0.3, 0.4) is 0 Å². The molecule has 1 aliphatic heterocycles. The fourth-order valence-electron chi connectivity index (χ4n) is 0.958. The van der Waals surface area contributed by atoms with Crippen molar-refractivity contribution in [3.05, 3.63) is 12.7 Å². The van der Waals surface area contributed by atoms with E-state index in [1.807, 2.05) is 6.08 Å². The molecule has 0 aromatic rings. The molecule has 3 nitrogen and oxygen atoms in total. The summed E-state index contributed by atoms with van der Waals surface area (Å²) in [6.07, 6.45) is 2.81. The summed E-state index contributed by atoms with van der Waals surface area (Å²) < 4.78 is 10.3. The Morgan fingerprint density at radius 2 is 2.33 bits per heavy atom. The van der Waals surface area contributed by atoms with Crippen LogP contribution in [0.2, 0.25) is 0 Å². The molecule has 0 bridgehead atoms. The Balaban J connectivity index is 1.73. The van der Waals surface area contributed by atoms with Crippen molar-refractivity contribution in [2.45, 2.75) is 12.5 Å². The lowest BCUT2D eigenvalue weighted by Crippen LogP contribution is -2.46. The van der Waals surface area contributed by atoms with Crippen LogP contribution in [0, 0.1) is 0 Å². The second-order valence-corrected chi connectivity index (χ2v) is 2.88. The van der Waals surface area contributed by atoms with Crippen LogP contribution in [0.15, 0.2) is 12.7 Å². The maximum atomic E-state index is 5.32. The molecule has 0 amide bonds. The van der Waals surface area contributed by atoms with Crippen LogP contribution in [0.4, 0.5) is 0 Å². The minimum Gasteiger partial charge on any atom is -0.380 e. The van der Waals surface area contributed by atoms with Crippen molar-refractivity contribution in [1.82, 2.24) is 5.32 Å². The van der Waals surface area contributed by atoms with E-state index in [2.05, 4.69) is 11.9 Å². The highest BCUT2D eigenvalue weighted by atomic mass is 16.5. The Kier molecular flexibility index (Phi) is 4.99. The summed E-state index contributed by atoms with van der Waals surface area (Å²) in [5.74, 6) is 0. The molecule has 0 aromatic heterocycles. The number of rotatable bonds is 7.